The Morgan fingerprint density at radius 2 is 2.14 bits per heavy atom. The highest BCUT2D eigenvalue weighted by Gasteiger charge is 2.53. The Morgan fingerprint density at radius 1 is 1.38 bits per heavy atom. The highest BCUT2D eigenvalue weighted by molar-refractivity contribution is 5.79. The van der Waals surface area contributed by atoms with E-state index in [9.17, 15) is 4.79 Å². The number of likely N-dealkylation sites (tertiary alicyclic amines) is 1. The van der Waals surface area contributed by atoms with Gasteiger partial charge in [-0.15, -0.1) is 0 Å². The molecule has 1 aromatic carbocycles. The topological polar surface area (TPSA) is 38.1 Å². The van der Waals surface area contributed by atoms with Crippen molar-refractivity contribution in [1.82, 2.24) is 14.7 Å². The molecule has 1 unspecified atom stereocenters. The zero-order valence-electron chi connectivity index (χ0n) is 12.6. The second-order valence-electron chi connectivity index (χ2n) is 7.05. The summed E-state index contributed by atoms with van der Waals surface area (Å²) in [4.78, 5) is 12.6. The van der Waals surface area contributed by atoms with Crippen LogP contribution in [0.1, 0.15) is 31.2 Å². The van der Waals surface area contributed by atoms with Crippen LogP contribution >= 0.6 is 0 Å². The van der Waals surface area contributed by atoms with Crippen LogP contribution in [0.15, 0.2) is 24.4 Å². The summed E-state index contributed by atoms with van der Waals surface area (Å²) in [6.45, 7) is 4.28. The molecule has 1 saturated heterocycles. The second kappa shape index (κ2) is 4.33. The normalized spacial score (nSPS) is 22.1. The number of aromatic nitrogens is 2. The number of amides is 1. The predicted octanol–water partition coefficient (Wildman–Crippen LogP) is 2.55. The van der Waals surface area contributed by atoms with Gasteiger partial charge in [-0.05, 0) is 36.3 Å². The Bertz CT molecular complexity index is 691. The molecule has 4 heteroatoms. The van der Waals surface area contributed by atoms with Gasteiger partial charge in [-0.25, -0.2) is 0 Å². The number of fused-ring (bicyclic) bond motifs is 1. The average molecular weight is 283 g/mol. The maximum atomic E-state index is 10.7. The number of hydrogen-bond donors (Lipinski definition) is 0. The van der Waals surface area contributed by atoms with Crippen LogP contribution in [0, 0.1) is 11.3 Å². The van der Waals surface area contributed by atoms with Gasteiger partial charge in [0.1, 0.15) is 0 Å². The minimum atomic E-state index is 0.455. The van der Waals surface area contributed by atoms with Gasteiger partial charge in [0.05, 0.1) is 11.7 Å². The summed E-state index contributed by atoms with van der Waals surface area (Å²) in [6, 6.07) is 6.72. The van der Waals surface area contributed by atoms with Crippen molar-refractivity contribution in [2.24, 2.45) is 18.4 Å². The first-order valence-corrected chi connectivity index (χ1v) is 7.71. The van der Waals surface area contributed by atoms with E-state index in [-0.39, 0.29) is 0 Å². The SMILES string of the molecule is CC(c1ccc2cnn(C)c2c1)C1CC2(C1)CN(C=O)C2. The van der Waals surface area contributed by atoms with Crippen LogP contribution in [0.3, 0.4) is 0 Å². The number of aryl methyl sites for hydroxylation is 1. The molecule has 1 aliphatic carbocycles. The highest BCUT2D eigenvalue weighted by Crippen LogP contribution is 2.55. The fourth-order valence-corrected chi connectivity index (χ4v) is 4.27. The van der Waals surface area contributed by atoms with E-state index in [4.69, 9.17) is 0 Å². The predicted molar refractivity (Wildman–Crippen MR) is 81.9 cm³/mol. The largest absolute Gasteiger partial charge is 0.344 e. The third kappa shape index (κ3) is 1.88. The lowest BCUT2D eigenvalue weighted by molar-refractivity contribution is -0.142. The lowest BCUT2D eigenvalue weighted by atomic mass is 9.54. The van der Waals surface area contributed by atoms with E-state index in [1.54, 1.807) is 0 Å². The number of rotatable bonds is 3. The average Bonchev–Trinajstić information content (AvgIpc) is 2.77. The van der Waals surface area contributed by atoms with Gasteiger partial charge >= 0.3 is 0 Å². The maximum Gasteiger partial charge on any atom is 0.209 e. The van der Waals surface area contributed by atoms with E-state index in [2.05, 4.69) is 30.2 Å². The molecular weight excluding hydrogens is 262 g/mol. The molecule has 2 aliphatic rings. The molecule has 4 rings (SSSR count). The van der Waals surface area contributed by atoms with E-state index in [0.29, 0.717) is 11.3 Å². The van der Waals surface area contributed by atoms with Crippen molar-refractivity contribution in [2.75, 3.05) is 13.1 Å². The zero-order chi connectivity index (χ0) is 14.6. The van der Waals surface area contributed by atoms with Gasteiger partial charge in [0.2, 0.25) is 6.41 Å². The maximum absolute atomic E-state index is 10.7. The van der Waals surface area contributed by atoms with Gasteiger partial charge < -0.3 is 4.90 Å². The van der Waals surface area contributed by atoms with Crippen LogP contribution in [0.5, 0.6) is 0 Å². The molecule has 4 nitrogen and oxygen atoms in total. The van der Waals surface area contributed by atoms with E-state index in [1.165, 1.54) is 29.3 Å². The van der Waals surface area contributed by atoms with Crippen molar-refractivity contribution in [2.45, 2.75) is 25.7 Å². The molecule has 0 radical (unpaired) electrons. The van der Waals surface area contributed by atoms with Crippen LogP contribution in [0.25, 0.3) is 10.9 Å². The first-order chi connectivity index (χ1) is 10.1. The Hall–Kier alpha value is -1.84. The molecule has 1 aromatic heterocycles. The number of nitrogens with zero attached hydrogens (tertiary/aromatic N) is 3. The standard InChI is InChI=1S/C17H21N3O/c1-12(15-6-17(7-15)9-20(10-17)11-21)13-3-4-14-8-18-19(2)16(14)5-13/h3-5,8,11-12,15H,6-7,9-10H2,1-2H3. The Kier molecular flexibility index (Phi) is 2.65. The minimum absolute atomic E-state index is 0.455. The van der Waals surface area contributed by atoms with Crippen LogP contribution in [0.2, 0.25) is 0 Å². The number of benzene rings is 1. The Morgan fingerprint density at radius 3 is 2.86 bits per heavy atom. The molecule has 2 fully saturated rings. The van der Waals surface area contributed by atoms with E-state index in [1.807, 2.05) is 22.8 Å². The lowest BCUT2D eigenvalue weighted by Gasteiger charge is -2.59. The fourth-order valence-electron chi connectivity index (χ4n) is 4.27. The summed E-state index contributed by atoms with van der Waals surface area (Å²) in [6.07, 6.45) is 5.44. The summed E-state index contributed by atoms with van der Waals surface area (Å²) < 4.78 is 1.95. The first kappa shape index (κ1) is 12.9. The Labute approximate surface area is 124 Å². The molecule has 1 aliphatic heterocycles. The van der Waals surface area contributed by atoms with Crippen molar-refractivity contribution in [3.05, 3.63) is 30.0 Å². The molecule has 1 amide bonds. The summed E-state index contributed by atoms with van der Waals surface area (Å²) in [5.41, 5.74) is 3.08. The molecule has 1 saturated carbocycles. The monoisotopic (exact) mass is 283 g/mol. The lowest BCUT2D eigenvalue weighted by Crippen LogP contribution is -2.62. The van der Waals surface area contributed by atoms with E-state index in [0.717, 1.165) is 25.4 Å². The van der Waals surface area contributed by atoms with Gasteiger partial charge in [0.25, 0.3) is 0 Å². The first-order valence-electron chi connectivity index (χ1n) is 7.71. The van der Waals surface area contributed by atoms with Crippen molar-refractivity contribution in [1.29, 1.82) is 0 Å². The molecule has 1 atom stereocenters. The molecule has 0 N–H and O–H groups in total. The molecule has 2 heterocycles. The molecule has 0 bridgehead atoms. The molecule has 110 valence electrons. The van der Waals surface area contributed by atoms with Gasteiger partial charge in [0, 0.05) is 30.9 Å². The van der Waals surface area contributed by atoms with Crippen molar-refractivity contribution in [3.63, 3.8) is 0 Å². The molecule has 2 aromatic rings. The van der Waals surface area contributed by atoms with Crippen LogP contribution in [0.4, 0.5) is 0 Å². The number of hydrogen-bond acceptors (Lipinski definition) is 2. The number of carbonyl (C=O) groups excluding carboxylic acids is 1. The van der Waals surface area contributed by atoms with Crippen LogP contribution < -0.4 is 0 Å². The summed E-state index contributed by atoms with van der Waals surface area (Å²) in [5, 5.41) is 5.52. The highest BCUT2D eigenvalue weighted by atomic mass is 16.1. The van der Waals surface area contributed by atoms with Gasteiger partial charge in [-0.3, -0.25) is 9.48 Å². The summed E-state index contributed by atoms with van der Waals surface area (Å²) in [5.74, 6) is 1.34. The molecule has 1 spiro atoms. The van der Waals surface area contributed by atoms with Crippen LogP contribution in [-0.2, 0) is 11.8 Å². The number of carbonyl (C=O) groups is 1. The van der Waals surface area contributed by atoms with Gasteiger partial charge in [-0.1, -0.05) is 19.1 Å². The van der Waals surface area contributed by atoms with Gasteiger partial charge in [-0.2, -0.15) is 5.10 Å². The zero-order valence-corrected chi connectivity index (χ0v) is 12.6. The second-order valence-corrected chi connectivity index (χ2v) is 7.05. The van der Waals surface area contributed by atoms with Gasteiger partial charge in [0.15, 0.2) is 0 Å². The smallest absolute Gasteiger partial charge is 0.209 e. The molecule has 21 heavy (non-hydrogen) atoms. The third-order valence-corrected chi connectivity index (χ3v) is 5.62. The summed E-state index contributed by atoms with van der Waals surface area (Å²) in [7, 11) is 2.00. The quantitative estimate of drug-likeness (QED) is 0.812. The van der Waals surface area contributed by atoms with Crippen molar-refractivity contribution >= 4 is 17.3 Å². The minimum Gasteiger partial charge on any atom is -0.344 e. The van der Waals surface area contributed by atoms with Crippen molar-refractivity contribution < 1.29 is 4.79 Å². The van der Waals surface area contributed by atoms with Crippen molar-refractivity contribution in [3.8, 4) is 0 Å². The molecular formula is C17H21N3O. The fraction of sp³-hybridized carbons (Fsp3) is 0.529. The summed E-state index contributed by atoms with van der Waals surface area (Å²) >= 11 is 0. The van der Waals surface area contributed by atoms with E-state index >= 15 is 0 Å². The van der Waals surface area contributed by atoms with E-state index < -0.39 is 0 Å². The van der Waals surface area contributed by atoms with Crippen LogP contribution in [-0.4, -0.2) is 34.2 Å². The third-order valence-electron chi connectivity index (χ3n) is 5.62. The Balaban J connectivity index is 1.49.